The number of nitrogens with zero attached hydrogens (tertiary/aromatic N) is 2. The maximum absolute atomic E-state index is 13.8. The van der Waals surface area contributed by atoms with Crippen LogP contribution in [0.4, 0.5) is 4.39 Å². The molecule has 0 aliphatic carbocycles. The molecule has 1 saturated heterocycles. The van der Waals surface area contributed by atoms with Gasteiger partial charge in [0.15, 0.2) is 0 Å². The van der Waals surface area contributed by atoms with Gasteiger partial charge in [-0.25, -0.2) is 14.0 Å². The van der Waals surface area contributed by atoms with Gasteiger partial charge < -0.3 is 15.1 Å². The van der Waals surface area contributed by atoms with Gasteiger partial charge in [-0.15, -0.1) is 11.8 Å². The molecule has 1 aliphatic heterocycles. The summed E-state index contributed by atoms with van der Waals surface area (Å²) in [6, 6.07) is 14.8. The quantitative estimate of drug-likeness (QED) is 0.564. The maximum atomic E-state index is 13.8. The smallest absolute Gasteiger partial charge is 0.414 e. The van der Waals surface area contributed by atoms with Crippen molar-refractivity contribution in [3.05, 3.63) is 65.5 Å². The zero-order valence-corrected chi connectivity index (χ0v) is 17.3. The molecule has 1 aliphatic rings. The minimum atomic E-state index is -1.82. The molecule has 7 nitrogen and oxygen atoms in total. The normalized spacial score (nSPS) is 13.9. The predicted molar refractivity (Wildman–Crippen MR) is 111 cm³/mol. The van der Waals surface area contributed by atoms with Crippen LogP contribution in [0.5, 0.6) is 0 Å². The van der Waals surface area contributed by atoms with Crippen LogP contribution < -0.4 is 0 Å². The highest BCUT2D eigenvalue weighted by molar-refractivity contribution is 7.98. The van der Waals surface area contributed by atoms with Crippen LogP contribution in [0.25, 0.3) is 0 Å². The number of carboxylic acid groups (broad SMARTS) is 2. The van der Waals surface area contributed by atoms with E-state index in [9.17, 15) is 9.18 Å². The Morgan fingerprint density at radius 1 is 0.933 bits per heavy atom. The maximum Gasteiger partial charge on any atom is 0.414 e. The van der Waals surface area contributed by atoms with Gasteiger partial charge in [0.2, 0.25) is 0 Å². The Balaban J connectivity index is 0.000000469. The third kappa shape index (κ3) is 6.85. The first-order valence-corrected chi connectivity index (χ1v) is 10.4. The van der Waals surface area contributed by atoms with Crippen LogP contribution in [0.15, 0.2) is 53.4 Å². The van der Waals surface area contributed by atoms with Crippen LogP contribution in [-0.2, 0) is 16.1 Å². The average Bonchev–Trinajstić information content (AvgIpc) is 2.75. The van der Waals surface area contributed by atoms with Crippen LogP contribution in [-0.4, -0.2) is 70.3 Å². The minimum absolute atomic E-state index is 0.165. The van der Waals surface area contributed by atoms with Crippen LogP contribution in [0.3, 0.4) is 0 Å². The number of aliphatic carboxylic acids is 2. The number of carbonyl (C=O) groups is 3. The van der Waals surface area contributed by atoms with Gasteiger partial charge in [-0.1, -0.05) is 24.3 Å². The molecule has 1 heterocycles. The van der Waals surface area contributed by atoms with Crippen LogP contribution in [0.1, 0.15) is 15.9 Å². The fraction of sp³-hybridized carbons (Fsp3) is 0.286. The van der Waals surface area contributed by atoms with Crippen molar-refractivity contribution in [1.29, 1.82) is 0 Å². The summed E-state index contributed by atoms with van der Waals surface area (Å²) in [5.74, 6) is -4.30. The van der Waals surface area contributed by atoms with Crippen molar-refractivity contribution in [1.82, 2.24) is 9.80 Å². The third-order valence-corrected chi connectivity index (χ3v) is 5.26. The van der Waals surface area contributed by atoms with Crippen molar-refractivity contribution >= 4 is 29.6 Å². The summed E-state index contributed by atoms with van der Waals surface area (Å²) in [6.07, 6.45) is 2.07. The predicted octanol–water partition coefficient (Wildman–Crippen LogP) is 2.66. The molecule has 3 rings (SSSR count). The molecule has 1 amide bonds. The molecular weight excluding hydrogens is 411 g/mol. The zero-order chi connectivity index (χ0) is 22.1. The molecule has 0 aromatic heterocycles. The molecule has 2 N–H and O–H groups in total. The molecule has 1 fully saturated rings. The lowest BCUT2D eigenvalue weighted by Crippen LogP contribution is -2.48. The van der Waals surface area contributed by atoms with Crippen LogP contribution in [0, 0.1) is 5.82 Å². The molecular formula is C21H23FN2O5S. The zero-order valence-electron chi connectivity index (χ0n) is 16.5. The van der Waals surface area contributed by atoms with E-state index < -0.39 is 17.8 Å². The molecule has 160 valence electrons. The molecule has 0 atom stereocenters. The molecule has 0 unspecified atom stereocenters. The third-order valence-electron chi connectivity index (χ3n) is 4.51. The van der Waals surface area contributed by atoms with Gasteiger partial charge in [0.1, 0.15) is 5.82 Å². The Bertz CT molecular complexity index is 871. The van der Waals surface area contributed by atoms with Crippen molar-refractivity contribution in [2.24, 2.45) is 0 Å². The second-order valence-corrected chi connectivity index (χ2v) is 7.39. The van der Waals surface area contributed by atoms with Crippen molar-refractivity contribution in [2.75, 3.05) is 32.4 Å². The fourth-order valence-corrected chi connectivity index (χ4v) is 3.31. The highest BCUT2D eigenvalue weighted by Crippen LogP contribution is 2.17. The lowest BCUT2D eigenvalue weighted by molar-refractivity contribution is -0.159. The van der Waals surface area contributed by atoms with E-state index in [1.54, 1.807) is 34.9 Å². The average molecular weight is 434 g/mol. The van der Waals surface area contributed by atoms with Crippen LogP contribution >= 0.6 is 11.8 Å². The number of hydrogen-bond donors (Lipinski definition) is 2. The van der Waals surface area contributed by atoms with Gasteiger partial charge in [-0.2, -0.15) is 0 Å². The van der Waals surface area contributed by atoms with Crippen molar-refractivity contribution in [2.45, 2.75) is 11.4 Å². The highest BCUT2D eigenvalue weighted by atomic mass is 32.2. The van der Waals surface area contributed by atoms with E-state index in [1.807, 2.05) is 0 Å². The van der Waals surface area contributed by atoms with E-state index in [1.165, 1.54) is 16.5 Å². The number of carboxylic acids is 2. The Kier molecular flexibility index (Phi) is 8.82. The number of thioether (sulfide) groups is 1. The van der Waals surface area contributed by atoms with E-state index in [-0.39, 0.29) is 11.5 Å². The first kappa shape index (κ1) is 23.4. The lowest BCUT2D eigenvalue weighted by atomic mass is 10.1. The summed E-state index contributed by atoms with van der Waals surface area (Å²) in [5.41, 5.74) is 1.44. The van der Waals surface area contributed by atoms with E-state index in [0.717, 1.165) is 19.6 Å². The summed E-state index contributed by atoms with van der Waals surface area (Å²) >= 11 is 1.74. The van der Waals surface area contributed by atoms with Gasteiger partial charge in [-0.05, 0) is 36.1 Å². The van der Waals surface area contributed by atoms with E-state index in [4.69, 9.17) is 19.8 Å². The minimum Gasteiger partial charge on any atom is -0.473 e. The number of rotatable bonds is 4. The van der Waals surface area contributed by atoms with Gasteiger partial charge in [0.25, 0.3) is 5.91 Å². The summed E-state index contributed by atoms with van der Waals surface area (Å²) in [5, 5.41) is 14.8. The number of benzene rings is 2. The molecule has 0 saturated carbocycles. The second-order valence-electron chi connectivity index (χ2n) is 6.51. The first-order chi connectivity index (χ1) is 14.3. The lowest BCUT2D eigenvalue weighted by Gasteiger charge is -2.34. The van der Waals surface area contributed by atoms with Gasteiger partial charge in [0, 0.05) is 37.6 Å². The molecule has 2 aromatic rings. The van der Waals surface area contributed by atoms with Crippen molar-refractivity contribution in [3.8, 4) is 0 Å². The molecule has 9 heteroatoms. The van der Waals surface area contributed by atoms with Gasteiger partial charge >= 0.3 is 11.9 Å². The SMILES string of the molecule is CSc1ccc(CN2CCN(C(=O)c3ccccc3F)CC2)cc1.O=C(O)C(=O)O. The molecule has 30 heavy (non-hydrogen) atoms. The Morgan fingerprint density at radius 3 is 2.00 bits per heavy atom. The standard InChI is InChI=1S/C19H21FN2OS.C2H2O4/c1-24-16-8-6-15(7-9-16)14-21-10-12-22(13-11-21)19(23)17-4-2-3-5-18(17)20;3-1(4)2(5)6/h2-9H,10-14H2,1H3;(H,3,4)(H,5,6). The molecule has 0 bridgehead atoms. The van der Waals surface area contributed by atoms with Gasteiger partial charge in [0.05, 0.1) is 5.56 Å². The largest absolute Gasteiger partial charge is 0.473 e. The van der Waals surface area contributed by atoms with Crippen molar-refractivity contribution < 1.29 is 29.0 Å². The van der Waals surface area contributed by atoms with E-state index >= 15 is 0 Å². The number of amides is 1. The first-order valence-electron chi connectivity index (χ1n) is 9.17. The molecule has 0 spiro atoms. The fourth-order valence-electron chi connectivity index (χ4n) is 2.90. The molecule has 0 radical (unpaired) electrons. The number of halogens is 1. The number of carbonyl (C=O) groups excluding carboxylic acids is 1. The topological polar surface area (TPSA) is 98.2 Å². The summed E-state index contributed by atoms with van der Waals surface area (Å²) in [4.78, 5) is 36.0. The van der Waals surface area contributed by atoms with E-state index in [0.29, 0.717) is 13.1 Å². The monoisotopic (exact) mass is 434 g/mol. The second kappa shape index (κ2) is 11.3. The Morgan fingerprint density at radius 2 is 1.50 bits per heavy atom. The number of piperazine rings is 1. The summed E-state index contributed by atoms with van der Waals surface area (Å²) < 4.78 is 13.8. The Labute approximate surface area is 178 Å². The van der Waals surface area contributed by atoms with E-state index in [2.05, 4.69) is 35.4 Å². The van der Waals surface area contributed by atoms with Crippen molar-refractivity contribution in [3.63, 3.8) is 0 Å². The summed E-state index contributed by atoms with van der Waals surface area (Å²) in [7, 11) is 0. The number of hydrogen-bond acceptors (Lipinski definition) is 5. The summed E-state index contributed by atoms with van der Waals surface area (Å²) in [6.45, 7) is 3.78. The molecule has 2 aromatic carbocycles. The Hall–Kier alpha value is -2.91. The highest BCUT2D eigenvalue weighted by Gasteiger charge is 2.23. The van der Waals surface area contributed by atoms with Crippen LogP contribution in [0.2, 0.25) is 0 Å². The van der Waals surface area contributed by atoms with Gasteiger partial charge in [-0.3, -0.25) is 9.69 Å².